The van der Waals surface area contributed by atoms with Gasteiger partial charge >= 0.3 is 0 Å². The third-order valence-electron chi connectivity index (χ3n) is 2.82. The number of nitrogens with two attached hydrogens (primary N) is 1. The van der Waals surface area contributed by atoms with Crippen molar-refractivity contribution in [2.75, 3.05) is 5.43 Å². The van der Waals surface area contributed by atoms with Gasteiger partial charge < -0.3 is 5.43 Å². The molecule has 0 unspecified atom stereocenters. The summed E-state index contributed by atoms with van der Waals surface area (Å²) in [6, 6.07) is 3.94. The topological polar surface area (TPSA) is 63.8 Å². The molecule has 0 saturated heterocycles. The number of nitrogen functional groups attached to an aromatic ring is 1. The number of anilines is 1. The maximum atomic E-state index is 5.53. The summed E-state index contributed by atoms with van der Waals surface area (Å²) >= 11 is 6.98. The fourth-order valence-electron chi connectivity index (χ4n) is 1.81. The quantitative estimate of drug-likeness (QED) is 0.639. The number of hydrazine groups is 1. The van der Waals surface area contributed by atoms with E-state index >= 15 is 0 Å². The van der Waals surface area contributed by atoms with Gasteiger partial charge in [-0.25, -0.2) is 15.8 Å². The molecule has 1 heterocycles. The van der Waals surface area contributed by atoms with Crippen molar-refractivity contribution in [1.82, 2.24) is 9.97 Å². The van der Waals surface area contributed by atoms with E-state index in [-0.39, 0.29) is 0 Å². The zero-order chi connectivity index (χ0) is 12.0. The minimum atomic E-state index is 0.502. The van der Waals surface area contributed by atoms with Gasteiger partial charge in [0.05, 0.1) is 5.52 Å². The van der Waals surface area contributed by atoms with E-state index in [2.05, 4.69) is 47.3 Å². The van der Waals surface area contributed by atoms with Crippen LogP contribution in [0.2, 0.25) is 0 Å². The molecule has 1 saturated carbocycles. The van der Waals surface area contributed by atoms with Crippen LogP contribution in [0.5, 0.6) is 0 Å². The van der Waals surface area contributed by atoms with Gasteiger partial charge in [0.2, 0.25) is 0 Å². The van der Waals surface area contributed by atoms with Crippen molar-refractivity contribution >= 4 is 48.6 Å². The fourth-order valence-corrected chi connectivity index (χ4v) is 3.12. The van der Waals surface area contributed by atoms with E-state index in [1.54, 1.807) is 0 Å². The number of benzene rings is 1. The van der Waals surface area contributed by atoms with E-state index in [9.17, 15) is 0 Å². The van der Waals surface area contributed by atoms with Crippen molar-refractivity contribution < 1.29 is 0 Å². The molecule has 0 spiro atoms. The number of nitrogens with one attached hydrogen (secondary N) is 1. The maximum Gasteiger partial charge on any atom is 0.151 e. The maximum absolute atomic E-state index is 5.53. The number of hydrogen-bond donors (Lipinski definition) is 2. The third kappa shape index (κ3) is 2.05. The van der Waals surface area contributed by atoms with Crippen LogP contribution < -0.4 is 11.3 Å². The van der Waals surface area contributed by atoms with Crippen molar-refractivity contribution in [2.24, 2.45) is 5.84 Å². The molecule has 2 aromatic rings. The Morgan fingerprint density at radius 3 is 2.65 bits per heavy atom. The molecule has 88 valence electrons. The third-order valence-corrected chi connectivity index (χ3v) is 3.88. The lowest BCUT2D eigenvalue weighted by Gasteiger charge is -2.09. The van der Waals surface area contributed by atoms with E-state index in [1.165, 1.54) is 12.8 Å². The van der Waals surface area contributed by atoms with E-state index in [0.29, 0.717) is 11.7 Å². The highest BCUT2D eigenvalue weighted by atomic mass is 79.9. The number of aromatic nitrogens is 2. The molecule has 3 N–H and O–H groups in total. The van der Waals surface area contributed by atoms with Crippen LogP contribution in [0.4, 0.5) is 5.82 Å². The molecule has 1 fully saturated rings. The molecule has 0 bridgehead atoms. The lowest BCUT2D eigenvalue weighted by atomic mass is 10.2. The van der Waals surface area contributed by atoms with Gasteiger partial charge in [-0.3, -0.25) is 0 Å². The van der Waals surface area contributed by atoms with Gasteiger partial charge in [0.25, 0.3) is 0 Å². The van der Waals surface area contributed by atoms with Gasteiger partial charge in [-0.2, -0.15) is 0 Å². The first-order chi connectivity index (χ1) is 8.19. The number of nitrogens with zero attached hydrogens (tertiary/aromatic N) is 2. The van der Waals surface area contributed by atoms with Crippen molar-refractivity contribution in [3.8, 4) is 0 Å². The van der Waals surface area contributed by atoms with Gasteiger partial charge in [-0.1, -0.05) is 15.9 Å². The van der Waals surface area contributed by atoms with Gasteiger partial charge in [-0.05, 0) is 40.9 Å². The normalized spacial score (nSPS) is 15.2. The van der Waals surface area contributed by atoms with Gasteiger partial charge in [0, 0.05) is 20.2 Å². The Balaban J connectivity index is 2.31. The van der Waals surface area contributed by atoms with Crippen LogP contribution in [0.1, 0.15) is 24.6 Å². The van der Waals surface area contributed by atoms with Crippen LogP contribution in [-0.4, -0.2) is 9.97 Å². The summed E-state index contributed by atoms with van der Waals surface area (Å²) in [6.07, 6.45) is 2.34. The number of fused-ring (bicyclic) bond motifs is 1. The van der Waals surface area contributed by atoms with E-state index in [4.69, 9.17) is 5.84 Å². The minimum Gasteiger partial charge on any atom is -0.308 e. The highest BCUT2D eigenvalue weighted by molar-refractivity contribution is 9.11. The average molecular weight is 358 g/mol. The Morgan fingerprint density at radius 1 is 1.24 bits per heavy atom. The van der Waals surface area contributed by atoms with Crippen molar-refractivity contribution in [3.05, 3.63) is 26.9 Å². The SMILES string of the molecule is NNc1nc(C2CC2)nc2c(Br)cc(Br)cc12. The molecule has 3 rings (SSSR count). The van der Waals surface area contributed by atoms with E-state index in [0.717, 1.165) is 25.7 Å². The molecule has 1 aliphatic rings. The van der Waals surface area contributed by atoms with Crippen LogP contribution in [0.25, 0.3) is 10.9 Å². The summed E-state index contributed by atoms with van der Waals surface area (Å²) in [5, 5.41) is 0.915. The molecule has 0 atom stereocenters. The first kappa shape index (κ1) is 11.4. The minimum absolute atomic E-state index is 0.502. The molecule has 0 amide bonds. The predicted molar refractivity (Wildman–Crippen MR) is 74.7 cm³/mol. The van der Waals surface area contributed by atoms with Gasteiger partial charge in [0.1, 0.15) is 5.82 Å². The van der Waals surface area contributed by atoms with Crippen LogP contribution in [-0.2, 0) is 0 Å². The van der Waals surface area contributed by atoms with Crippen LogP contribution in [0.3, 0.4) is 0 Å². The Bertz CT molecular complexity index is 596. The highest BCUT2D eigenvalue weighted by Gasteiger charge is 2.27. The molecule has 0 radical (unpaired) electrons. The zero-order valence-electron chi connectivity index (χ0n) is 8.87. The Morgan fingerprint density at radius 2 is 2.00 bits per heavy atom. The van der Waals surface area contributed by atoms with E-state index < -0.39 is 0 Å². The molecular formula is C11H10Br2N4. The second kappa shape index (κ2) is 4.19. The largest absolute Gasteiger partial charge is 0.308 e. The first-order valence-electron chi connectivity index (χ1n) is 5.32. The summed E-state index contributed by atoms with van der Waals surface area (Å²) in [5.74, 6) is 7.60. The van der Waals surface area contributed by atoms with Crippen LogP contribution in [0, 0.1) is 0 Å². The lowest BCUT2D eigenvalue weighted by molar-refractivity contribution is 0.945. The monoisotopic (exact) mass is 356 g/mol. The van der Waals surface area contributed by atoms with Crippen molar-refractivity contribution in [3.63, 3.8) is 0 Å². The zero-order valence-corrected chi connectivity index (χ0v) is 12.0. The molecular weight excluding hydrogens is 348 g/mol. The first-order valence-corrected chi connectivity index (χ1v) is 6.91. The second-order valence-electron chi connectivity index (χ2n) is 4.13. The summed E-state index contributed by atoms with van der Waals surface area (Å²) in [4.78, 5) is 9.09. The number of rotatable bonds is 2. The van der Waals surface area contributed by atoms with Crippen LogP contribution in [0.15, 0.2) is 21.1 Å². The molecule has 4 nitrogen and oxygen atoms in total. The molecule has 1 aromatic carbocycles. The summed E-state index contributed by atoms with van der Waals surface area (Å²) in [7, 11) is 0. The molecule has 1 aromatic heterocycles. The summed E-state index contributed by atoms with van der Waals surface area (Å²) in [5.41, 5.74) is 3.56. The highest BCUT2D eigenvalue weighted by Crippen LogP contribution is 2.40. The second-order valence-corrected chi connectivity index (χ2v) is 5.90. The van der Waals surface area contributed by atoms with Crippen molar-refractivity contribution in [1.29, 1.82) is 0 Å². The fraction of sp³-hybridized carbons (Fsp3) is 0.273. The number of hydrogen-bond acceptors (Lipinski definition) is 4. The standard InChI is InChI=1S/C11H10Br2N4/c12-6-3-7-9(8(13)4-6)15-10(5-1-2-5)16-11(7)17-14/h3-5H,1-2,14H2,(H,15,16,17). The molecule has 0 aliphatic heterocycles. The van der Waals surface area contributed by atoms with Crippen LogP contribution >= 0.6 is 31.9 Å². The molecule has 6 heteroatoms. The Labute approximate surface area is 115 Å². The Kier molecular flexibility index (Phi) is 2.80. The van der Waals surface area contributed by atoms with Gasteiger partial charge in [-0.15, -0.1) is 0 Å². The number of halogens is 2. The summed E-state index contributed by atoms with van der Waals surface area (Å²) < 4.78 is 1.92. The lowest BCUT2D eigenvalue weighted by Crippen LogP contribution is -2.11. The Hall–Kier alpha value is -0.720. The smallest absolute Gasteiger partial charge is 0.151 e. The van der Waals surface area contributed by atoms with E-state index in [1.807, 2.05) is 12.1 Å². The average Bonchev–Trinajstić information content (AvgIpc) is 3.11. The molecule has 1 aliphatic carbocycles. The predicted octanol–water partition coefficient (Wildman–Crippen LogP) is 3.32. The van der Waals surface area contributed by atoms with Gasteiger partial charge in [0.15, 0.2) is 5.82 Å². The van der Waals surface area contributed by atoms with Crippen molar-refractivity contribution in [2.45, 2.75) is 18.8 Å². The summed E-state index contributed by atoms with van der Waals surface area (Å²) in [6.45, 7) is 0. The molecule has 17 heavy (non-hydrogen) atoms.